The molecular formula is C74H106N6O21. The number of hydrogen-bond acceptors (Lipinski definition) is 21. The van der Waals surface area contributed by atoms with E-state index in [2.05, 4.69) is 26.6 Å². The molecule has 5 N–H and O–H groups in total. The largest absolute Gasteiger partial charge is 0.445 e. The van der Waals surface area contributed by atoms with Gasteiger partial charge in [0, 0.05) is 45.0 Å². The van der Waals surface area contributed by atoms with E-state index in [1.807, 2.05) is 97.1 Å². The number of ketones is 2. The van der Waals surface area contributed by atoms with Crippen molar-refractivity contribution in [1.29, 1.82) is 0 Å². The molecule has 3 atom stereocenters. The summed E-state index contributed by atoms with van der Waals surface area (Å²) in [7, 11) is 0. The third-order valence-electron chi connectivity index (χ3n) is 14.4. The number of unbranched alkanes of at least 4 members (excludes halogenated alkanes) is 3. The minimum Gasteiger partial charge on any atom is -0.445 e. The summed E-state index contributed by atoms with van der Waals surface area (Å²) >= 11 is 0. The van der Waals surface area contributed by atoms with Crippen LogP contribution in [-0.4, -0.2) is 175 Å². The first-order chi connectivity index (χ1) is 48.6. The minimum atomic E-state index is -1.10. The zero-order valence-electron chi connectivity index (χ0n) is 59.5. The third kappa shape index (κ3) is 42.2. The average Bonchev–Trinajstić information content (AvgIpc) is 0.882. The van der Waals surface area contributed by atoms with Gasteiger partial charge in [0.2, 0.25) is 5.91 Å². The van der Waals surface area contributed by atoms with Crippen LogP contribution in [0.15, 0.2) is 121 Å². The summed E-state index contributed by atoms with van der Waals surface area (Å²) in [5, 5.41) is 14.3. The number of nitrogens with zero attached hydrogens (tertiary/aromatic N) is 1. The Bertz CT molecular complexity index is 2970. The average molecular weight is 1420 g/mol. The number of hydroxylamine groups is 2. The molecule has 27 heteroatoms. The number of alkyl carbamates (subject to hydrolysis) is 4. The fourth-order valence-corrected chi connectivity index (χ4v) is 9.37. The van der Waals surface area contributed by atoms with Gasteiger partial charge in [0.15, 0.2) is 11.6 Å². The number of Topliss-reactive ketones (excluding diaryl/α,β-unsaturated/α-hetero) is 2. The predicted octanol–water partition coefficient (Wildman–Crippen LogP) is 11.2. The van der Waals surface area contributed by atoms with E-state index in [4.69, 9.17) is 56.9 Å². The van der Waals surface area contributed by atoms with E-state index in [1.165, 1.54) is 0 Å². The number of rotatable bonds is 50. The maximum absolute atomic E-state index is 14.7. The van der Waals surface area contributed by atoms with E-state index in [1.54, 1.807) is 65.8 Å². The molecule has 4 rings (SSSR count). The van der Waals surface area contributed by atoms with E-state index >= 15 is 0 Å². The van der Waals surface area contributed by atoms with Crippen molar-refractivity contribution >= 4 is 54.0 Å². The van der Waals surface area contributed by atoms with Gasteiger partial charge in [0.05, 0.1) is 78.2 Å². The first-order valence-corrected chi connectivity index (χ1v) is 34.6. The molecule has 0 aliphatic carbocycles. The fraction of sp³-hybridized carbons (Fsp3) is 0.554. The highest BCUT2D eigenvalue weighted by molar-refractivity contribution is 5.94. The zero-order chi connectivity index (χ0) is 73.2. The molecule has 0 saturated carbocycles. The first kappa shape index (κ1) is 84.7. The van der Waals surface area contributed by atoms with Gasteiger partial charge in [-0.3, -0.25) is 19.2 Å². The normalized spacial score (nSPS) is 12.1. The number of nitrogens with one attached hydrogen (secondary N) is 5. The molecule has 7 amide bonds. The Labute approximate surface area is 593 Å². The van der Waals surface area contributed by atoms with Gasteiger partial charge >= 0.3 is 36.6 Å². The molecule has 4 aromatic carbocycles. The third-order valence-corrected chi connectivity index (χ3v) is 14.4. The van der Waals surface area contributed by atoms with Crippen molar-refractivity contribution in [2.75, 3.05) is 92.3 Å². The molecule has 0 aliphatic heterocycles. The summed E-state index contributed by atoms with van der Waals surface area (Å²) < 4.78 is 60.2. The molecule has 0 heterocycles. The van der Waals surface area contributed by atoms with Gasteiger partial charge in [0.25, 0.3) is 0 Å². The van der Waals surface area contributed by atoms with Crippen molar-refractivity contribution in [2.24, 2.45) is 5.92 Å². The van der Waals surface area contributed by atoms with Crippen LogP contribution in [0.2, 0.25) is 0 Å². The van der Waals surface area contributed by atoms with Crippen LogP contribution in [0.5, 0.6) is 0 Å². The SMILES string of the molecule is CC(C)(C)OC(=O)N(OCCOCCOCCOCCOCCOCCCC(=O)[C@H](CCCCNC(=O)OCc1ccccc1)NC(=O)[C@H](CCCCNC(=O)OCc1ccccc1)CC(=O)[C@H](CCCCNC(=O)OCc1ccccc1)NC(=O)OCc1ccccc1)C(=O)OC(C)(C)C. The van der Waals surface area contributed by atoms with Crippen molar-refractivity contribution in [3.8, 4) is 0 Å². The summed E-state index contributed by atoms with van der Waals surface area (Å²) in [6.45, 7) is 13.1. The fourth-order valence-electron chi connectivity index (χ4n) is 9.37. The van der Waals surface area contributed by atoms with Crippen LogP contribution in [0.1, 0.15) is 141 Å². The number of imide groups is 1. The Kier molecular flexibility index (Phi) is 42.4. The number of carbonyl (C=O) groups excluding carboxylic acids is 9. The summed E-state index contributed by atoms with van der Waals surface area (Å²) in [6.07, 6.45) is -1.71. The van der Waals surface area contributed by atoms with Crippen LogP contribution in [0.25, 0.3) is 0 Å². The van der Waals surface area contributed by atoms with Crippen molar-refractivity contribution in [3.05, 3.63) is 144 Å². The molecule has 0 fully saturated rings. The maximum Gasteiger partial charge on any atom is 0.444 e. The standard InChI is InChI=1S/C74H106N6O21/c1-73(2,3)100-71(88)80(72(89)101-74(4,5)6)99-51-50-94-49-48-93-47-46-92-45-44-91-43-42-90-41-25-37-64(81)62(35-20-23-39-76-68(85)96-54-58-28-13-8-14-29-58)78-66(83)61(34-19-22-38-75-67(84)95-53-57-26-11-7-12-27-57)52-65(82)63(79-70(87)98-56-60-32-17-10-18-33-60)36-21-24-40-77-69(86)97-55-59-30-15-9-16-31-59/h7-18,26-33,61-63H,19-25,34-56H2,1-6H3,(H,75,84)(H,76,85)(H,77,86)(H,78,83)(H,79,87)/t61-,62+,63+/m1/s1. The number of amides is 7. The molecule has 4 aromatic rings. The highest BCUT2D eigenvalue weighted by Gasteiger charge is 2.34. The Balaban J connectivity index is 1.30. The summed E-state index contributed by atoms with van der Waals surface area (Å²) in [6, 6.07) is 34.6. The van der Waals surface area contributed by atoms with Crippen LogP contribution in [0.3, 0.4) is 0 Å². The summed E-state index contributed by atoms with van der Waals surface area (Å²) in [5.41, 5.74) is 1.45. The molecule has 27 nitrogen and oxygen atoms in total. The second-order valence-corrected chi connectivity index (χ2v) is 25.4. The highest BCUT2D eigenvalue weighted by atomic mass is 16.8. The van der Waals surface area contributed by atoms with E-state index in [9.17, 15) is 43.2 Å². The molecule has 0 unspecified atom stereocenters. The Morgan fingerprint density at radius 3 is 1.06 bits per heavy atom. The minimum absolute atomic E-state index is 0.0447. The number of benzene rings is 4. The summed E-state index contributed by atoms with van der Waals surface area (Å²) in [5.74, 6) is -2.26. The van der Waals surface area contributed by atoms with Crippen LogP contribution in [-0.2, 0) is 97.8 Å². The van der Waals surface area contributed by atoms with Crippen LogP contribution in [0.4, 0.5) is 28.8 Å². The zero-order valence-corrected chi connectivity index (χ0v) is 59.5. The van der Waals surface area contributed by atoms with Crippen molar-refractivity contribution in [3.63, 3.8) is 0 Å². The van der Waals surface area contributed by atoms with Crippen molar-refractivity contribution in [1.82, 2.24) is 31.6 Å². The molecule has 0 saturated heterocycles. The van der Waals surface area contributed by atoms with E-state index in [0.717, 1.165) is 22.3 Å². The maximum atomic E-state index is 14.7. The van der Waals surface area contributed by atoms with Gasteiger partial charge in [-0.15, -0.1) is 0 Å². The van der Waals surface area contributed by atoms with Gasteiger partial charge in [0.1, 0.15) is 37.6 Å². The topological polar surface area (TPSA) is 328 Å². The number of ether oxygens (including phenoxy) is 11. The molecule has 0 spiro atoms. The van der Waals surface area contributed by atoms with E-state index in [-0.39, 0.29) is 130 Å². The molecule has 0 radical (unpaired) electrons. The van der Waals surface area contributed by atoms with Gasteiger partial charge in [-0.2, -0.15) is 0 Å². The van der Waals surface area contributed by atoms with Crippen molar-refractivity contribution < 1.29 is 100 Å². The van der Waals surface area contributed by atoms with E-state index in [0.29, 0.717) is 76.4 Å². The lowest BCUT2D eigenvalue weighted by atomic mass is 9.90. The Hall–Kier alpha value is -8.73. The molecule has 101 heavy (non-hydrogen) atoms. The Morgan fingerprint density at radius 2 is 0.693 bits per heavy atom. The van der Waals surface area contributed by atoms with E-state index < -0.39 is 77.5 Å². The molecule has 0 aromatic heterocycles. The van der Waals surface area contributed by atoms with Gasteiger partial charge in [-0.05, 0) is 122 Å². The molecule has 0 bridgehead atoms. The molecular weight excluding hydrogens is 1310 g/mol. The van der Waals surface area contributed by atoms with Gasteiger partial charge in [-0.25, -0.2) is 28.8 Å². The lowest BCUT2D eigenvalue weighted by Crippen LogP contribution is -2.46. The Morgan fingerprint density at radius 1 is 0.366 bits per heavy atom. The highest BCUT2D eigenvalue weighted by Crippen LogP contribution is 2.20. The predicted molar refractivity (Wildman–Crippen MR) is 373 cm³/mol. The quantitative estimate of drug-likeness (QED) is 0.0156. The van der Waals surface area contributed by atoms with Crippen LogP contribution in [0, 0.1) is 5.92 Å². The monoisotopic (exact) mass is 1410 g/mol. The first-order valence-electron chi connectivity index (χ1n) is 34.6. The van der Waals surface area contributed by atoms with Gasteiger partial charge < -0.3 is 78.7 Å². The van der Waals surface area contributed by atoms with Gasteiger partial charge in [-0.1, -0.05) is 133 Å². The second-order valence-electron chi connectivity index (χ2n) is 25.4. The van der Waals surface area contributed by atoms with Crippen LogP contribution >= 0.6 is 0 Å². The lowest BCUT2D eigenvalue weighted by Gasteiger charge is -2.27. The smallest absolute Gasteiger partial charge is 0.444 e. The van der Waals surface area contributed by atoms with Crippen molar-refractivity contribution in [2.45, 2.75) is 168 Å². The second kappa shape index (κ2) is 50.6. The van der Waals surface area contributed by atoms with Crippen LogP contribution < -0.4 is 26.6 Å². The lowest BCUT2D eigenvalue weighted by molar-refractivity contribution is -0.148. The molecule has 558 valence electrons. The number of hydrogen-bond donors (Lipinski definition) is 5. The molecule has 0 aliphatic rings. The number of carbonyl (C=O) groups is 9. The summed E-state index contributed by atoms with van der Waals surface area (Å²) in [4.78, 5) is 125.